The van der Waals surface area contributed by atoms with Gasteiger partial charge in [0.15, 0.2) is 15.8 Å². The molecule has 68 heavy (non-hydrogen) atoms. The number of hydrogen-bond donors (Lipinski definition) is 3. The van der Waals surface area contributed by atoms with Crippen molar-refractivity contribution in [3.05, 3.63) is 126 Å². The summed E-state index contributed by atoms with van der Waals surface area (Å²) in [6.07, 6.45) is -1.67. The highest BCUT2D eigenvalue weighted by atomic mass is 35.5. The predicted molar refractivity (Wildman–Crippen MR) is 261 cm³/mol. The van der Waals surface area contributed by atoms with E-state index in [1.165, 1.54) is 0 Å². The minimum atomic E-state index is -3.75. The summed E-state index contributed by atoms with van der Waals surface area (Å²) in [5, 5.41) is 17.2. The third-order valence-corrected chi connectivity index (χ3v) is 15.9. The third-order valence-electron chi connectivity index (χ3n) is 11.5. The number of fused-ring (bicyclic) bond motifs is 2. The van der Waals surface area contributed by atoms with E-state index in [9.17, 15) is 31.5 Å². The second kappa shape index (κ2) is 25.1. The zero-order valence-electron chi connectivity index (χ0n) is 37.7. The fraction of sp³-hybridized carbons (Fsp3) is 0.447. The first kappa shape index (κ1) is 53.9. The van der Waals surface area contributed by atoms with Crippen LogP contribution in [0.3, 0.4) is 0 Å². The molecule has 15 nitrogen and oxygen atoms in total. The Morgan fingerprint density at radius 1 is 0.618 bits per heavy atom. The second-order valence-electron chi connectivity index (χ2n) is 16.7. The Morgan fingerprint density at radius 2 is 1.03 bits per heavy atom. The van der Waals surface area contributed by atoms with E-state index >= 15 is 0 Å². The summed E-state index contributed by atoms with van der Waals surface area (Å²) in [6.45, 7) is 3.57. The number of carbonyl (C=O) groups excluding carboxylic acids is 2. The second-order valence-corrected chi connectivity index (χ2v) is 22.4. The normalized spacial score (nSPS) is 17.0. The van der Waals surface area contributed by atoms with Crippen LogP contribution in [-0.2, 0) is 61.3 Å². The molecule has 2 amide bonds. The lowest BCUT2D eigenvalue weighted by Gasteiger charge is -2.33. The van der Waals surface area contributed by atoms with Crippen LogP contribution < -0.4 is 10.6 Å². The monoisotopic (exact) mass is 1060 g/mol. The minimum absolute atomic E-state index is 0.00101. The maximum absolute atomic E-state index is 13.0. The van der Waals surface area contributed by atoms with Crippen LogP contribution in [0.25, 0.3) is 0 Å². The average Bonchev–Trinajstić information content (AvgIpc) is 3.30. The zero-order chi connectivity index (χ0) is 49.0. The number of aliphatic hydroxyl groups is 1. The SMILES string of the molecule is CN1Cc2c(Cl)cc(Cl)cc2C(c2ccc(S(=O)(=O)CCCOCCOCCNC(=O)C(O)C(=O)NCCOCCOCS(=O)(=O)c3ccc(C4CN(C)Cc5c(Cl)cc(Cl)cc54)cc3)cc2)C1. The molecule has 0 fully saturated rings. The first-order valence-corrected chi connectivity index (χ1v) is 26.8. The summed E-state index contributed by atoms with van der Waals surface area (Å²) < 4.78 is 73.6. The Hall–Kier alpha value is -3.40. The molecule has 2 aliphatic rings. The van der Waals surface area contributed by atoms with E-state index < -0.39 is 43.5 Å². The first-order chi connectivity index (χ1) is 32.4. The molecular formula is C47H56Cl4N4O11S2. The smallest absolute Gasteiger partial charge is 0.258 e. The van der Waals surface area contributed by atoms with E-state index in [0.717, 1.165) is 46.5 Å². The number of aliphatic hydroxyl groups excluding tert-OH is 1. The van der Waals surface area contributed by atoms with Crippen LogP contribution in [-0.4, -0.2) is 148 Å². The number of nitrogens with one attached hydrogen (secondary N) is 2. The summed E-state index contributed by atoms with van der Waals surface area (Å²) in [7, 11) is -3.27. The number of carbonyl (C=O) groups is 2. The van der Waals surface area contributed by atoms with Crippen LogP contribution >= 0.6 is 46.4 Å². The molecule has 0 aliphatic carbocycles. The molecule has 370 valence electrons. The standard InChI is InChI=1S/C47H56Cl4N4O11S2/c1-54-26-39(37-22-33(48)24-43(50)41(37)28-54)31-4-8-35(9-5-31)67(59,60)21-3-14-63-17-18-64-15-12-52-46(57)45(56)47(58)53-13-16-65-19-20-66-30-68(61,62)36-10-6-32(7-11-36)40-27-55(2)29-42-38(40)23-34(49)25-44(42)51/h4-11,22-25,39-40,45,56H,3,12-21,26-30H2,1-2H3,(H,52,57)(H,53,58). The molecule has 0 aromatic heterocycles. The Kier molecular flexibility index (Phi) is 19.9. The maximum Gasteiger partial charge on any atom is 0.258 e. The third kappa shape index (κ3) is 14.8. The van der Waals surface area contributed by atoms with Crippen molar-refractivity contribution in [3.63, 3.8) is 0 Å². The fourth-order valence-electron chi connectivity index (χ4n) is 8.13. The number of ether oxygens (including phenoxy) is 4. The van der Waals surface area contributed by atoms with Gasteiger partial charge < -0.3 is 44.5 Å². The molecule has 0 saturated carbocycles. The summed E-state index contributed by atoms with van der Waals surface area (Å²) in [5.41, 5.74) is 6.00. The van der Waals surface area contributed by atoms with Gasteiger partial charge in [-0.1, -0.05) is 70.7 Å². The van der Waals surface area contributed by atoms with Gasteiger partial charge in [0.2, 0.25) is 15.9 Å². The number of likely N-dealkylation sites (N-methyl/N-ethyl adjacent to an activating group) is 2. The van der Waals surface area contributed by atoms with Crippen molar-refractivity contribution < 1.29 is 50.5 Å². The first-order valence-electron chi connectivity index (χ1n) is 22.0. The summed E-state index contributed by atoms with van der Waals surface area (Å²) in [4.78, 5) is 29.1. The molecule has 3 unspecified atom stereocenters. The van der Waals surface area contributed by atoms with Crippen molar-refractivity contribution in [3.8, 4) is 0 Å². The molecule has 0 saturated heterocycles. The number of sulfone groups is 2. The Morgan fingerprint density at radius 3 is 1.49 bits per heavy atom. The van der Waals surface area contributed by atoms with E-state index in [2.05, 4.69) is 20.4 Å². The number of benzene rings is 4. The highest BCUT2D eigenvalue weighted by Gasteiger charge is 2.30. The van der Waals surface area contributed by atoms with Gasteiger partial charge in [-0.05, 0) is 102 Å². The number of amides is 2. The van der Waals surface area contributed by atoms with Crippen molar-refractivity contribution >= 4 is 77.9 Å². The molecule has 0 bridgehead atoms. The lowest BCUT2D eigenvalue weighted by molar-refractivity contribution is -0.141. The van der Waals surface area contributed by atoms with Crippen LogP contribution in [0.1, 0.15) is 51.6 Å². The Labute approximate surface area is 418 Å². The topological polar surface area (TPSA) is 190 Å². The quantitative estimate of drug-likeness (QED) is 0.0573. The van der Waals surface area contributed by atoms with Crippen molar-refractivity contribution in [2.24, 2.45) is 0 Å². The summed E-state index contributed by atoms with van der Waals surface area (Å²) in [6, 6.07) is 20.9. The zero-order valence-corrected chi connectivity index (χ0v) is 42.4. The molecule has 2 aliphatic heterocycles. The predicted octanol–water partition coefficient (Wildman–Crippen LogP) is 5.71. The average molecular weight is 1060 g/mol. The van der Waals surface area contributed by atoms with Crippen molar-refractivity contribution in [2.45, 2.75) is 47.2 Å². The van der Waals surface area contributed by atoms with Gasteiger partial charge in [-0.15, -0.1) is 0 Å². The van der Waals surface area contributed by atoms with Gasteiger partial charge in [-0.2, -0.15) is 0 Å². The number of nitrogens with zero attached hydrogens (tertiary/aromatic N) is 2. The van der Waals surface area contributed by atoms with Crippen LogP contribution in [0.4, 0.5) is 0 Å². The molecule has 2 heterocycles. The van der Waals surface area contributed by atoms with Crippen molar-refractivity contribution in [1.29, 1.82) is 0 Å². The van der Waals surface area contributed by atoms with Gasteiger partial charge in [-0.25, -0.2) is 16.8 Å². The van der Waals surface area contributed by atoms with E-state index in [4.69, 9.17) is 65.4 Å². The number of halogens is 4. The molecule has 0 radical (unpaired) electrons. The van der Waals surface area contributed by atoms with Crippen LogP contribution in [0.2, 0.25) is 20.1 Å². The summed E-state index contributed by atoms with van der Waals surface area (Å²) in [5.74, 6) is -2.51. The van der Waals surface area contributed by atoms with E-state index in [-0.39, 0.29) is 93.1 Å². The largest absolute Gasteiger partial charge is 0.379 e. The molecule has 4 aromatic rings. The molecule has 3 N–H and O–H groups in total. The fourth-order valence-corrected chi connectivity index (χ4v) is 11.6. The molecular weight excluding hydrogens is 1000 g/mol. The summed E-state index contributed by atoms with van der Waals surface area (Å²) >= 11 is 25.6. The molecule has 0 spiro atoms. The molecule has 21 heteroatoms. The van der Waals surface area contributed by atoms with Gasteiger partial charge in [0, 0.05) is 77.8 Å². The van der Waals surface area contributed by atoms with Gasteiger partial charge in [0.05, 0.1) is 55.2 Å². The molecule has 6 rings (SSSR count). The van der Waals surface area contributed by atoms with E-state index in [1.54, 1.807) is 48.5 Å². The van der Waals surface area contributed by atoms with Gasteiger partial charge in [-0.3, -0.25) is 9.59 Å². The van der Waals surface area contributed by atoms with Crippen LogP contribution in [0.5, 0.6) is 0 Å². The number of hydrogen-bond acceptors (Lipinski definition) is 13. The lowest BCUT2D eigenvalue weighted by Crippen LogP contribution is -2.47. The lowest BCUT2D eigenvalue weighted by atomic mass is 9.85. The van der Waals surface area contributed by atoms with Crippen molar-refractivity contribution in [1.82, 2.24) is 20.4 Å². The van der Waals surface area contributed by atoms with E-state index in [0.29, 0.717) is 33.2 Å². The van der Waals surface area contributed by atoms with Crippen LogP contribution in [0, 0.1) is 0 Å². The molecule has 3 atom stereocenters. The maximum atomic E-state index is 13.0. The van der Waals surface area contributed by atoms with Crippen LogP contribution in [0.15, 0.2) is 82.6 Å². The highest BCUT2D eigenvalue weighted by molar-refractivity contribution is 7.91. The van der Waals surface area contributed by atoms with Gasteiger partial charge >= 0.3 is 0 Å². The molecule has 4 aromatic carbocycles. The van der Waals surface area contributed by atoms with Gasteiger partial charge in [0.25, 0.3) is 11.8 Å². The Balaban J connectivity index is 0.771. The highest BCUT2D eigenvalue weighted by Crippen LogP contribution is 2.40. The minimum Gasteiger partial charge on any atom is -0.379 e. The number of rotatable bonds is 24. The van der Waals surface area contributed by atoms with E-state index in [1.807, 2.05) is 38.4 Å². The Bertz CT molecular complexity index is 2590. The van der Waals surface area contributed by atoms with Gasteiger partial charge in [0.1, 0.15) is 0 Å². The van der Waals surface area contributed by atoms with Crippen molar-refractivity contribution in [2.75, 3.05) is 98.2 Å².